The largest absolute Gasteiger partial charge is 0.508 e. The molecule has 12 nitrogen and oxygen atoms in total. The van der Waals surface area contributed by atoms with Gasteiger partial charge in [-0.25, -0.2) is 4.79 Å². The summed E-state index contributed by atoms with van der Waals surface area (Å²) >= 11 is 1.90. The summed E-state index contributed by atoms with van der Waals surface area (Å²) in [4.78, 5) is 41.9. The van der Waals surface area contributed by atoms with Gasteiger partial charge in [0.05, 0.1) is 44.2 Å². The summed E-state index contributed by atoms with van der Waals surface area (Å²) < 4.78 is 11.2. The van der Waals surface area contributed by atoms with Crippen LogP contribution in [0, 0.1) is 35.0 Å². The van der Waals surface area contributed by atoms with Crippen molar-refractivity contribution in [3.05, 3.63) is 28.8 Å². The first-order valence-electron chi connectivity index (χ1n) is 23.1. The van der Waals surface area contributed by atoms with Crippen molar-refractivity contribution in [1.82, 2.24) is 21.3 Å². The second-order valence-corrected chi connectivity index (χ2v) is 21.1. The topological polar surface area (TPSA) is 160 Å². The molecule has 1 aromatic rings. The molecule has 6 saturated carbocycles. The van der Waals surface area contributed by atoms with Gasteiger partial charge in [0.25, 0.3) is 5.91 Å². The van der Waals surface area contributed by atoms with E-state index in [1.807, 2.05) is 11.8 Å². The molecule has 2 aliphatic heterocycles. The third kappa shape index (κ3) is 8.72. The number of phenols is 1. The Bertz CT molecular complexity index is 1720. The van der Waals surface area contributed by atoms with E-state index in [-0.39, 0.29) is 47.4 Å². The van der Waals surface area contributed by atoms with E-state index >= 15 is 0 Å². The van der Waals surface area contributed by atoms with Gasteiger partial charge in [-0.3, -0.25) is 9.59 Å². The summed E-state index contributed by atoms with van der Waals surface area (Å²) in [5, 5.41) is 28.3. The number of hydrogen-bond donors (Lipinski definition) is 5. The number of carbonyl (C=O) groups excluding carboxylic acids is 3. The Hall–Kier alpha value is -3.03. The molecule has 10 rings (SSSR count). The second-order valence-electron chi connectivity index (χ2n) is 19.8. The average molecular weight is 834 g/mol. The predicted octanol–water partition coefficient (Wildman–Crippen LogP) is 6.08. The zero-order chi connectivity index (χ0) is 40.6. The van der Waals surface area contributed by atoms with Crippen LogP contribution >= 0.6 is 11.8 Å². The first-order valence-corrected chi connectivity index (χ1v) is 24.2. The Morgan fingerprint density at radius 2 is 1.64 bits per heavy atom. The van der Waals surface area contributed by atoms with Crippen molar-refractivity contribution in [2.75, 3.05) is 51.9 Å². The summed E-state index contributed by atoms with van der Waals surface area (Å²) in [5.41, 5.74) is 5.53. The number of rotatable bonds is 18. The molecule has 0 spiro atoms. The Morgan fingerprint density at radius 3 is 2.39 bits per heavy atom. The second kappa shape index (κ2) is 17.8. The number of thioether (sulfide) groups is 1. The lowest BCUT2D eigenvalue weighted by Gasteiger charge is -2.57. The third-order valence-electron chi connectivity index (χ3n) is 16.2. The number of nitrogens with one attached hydrogen (secondary N) is 4. The number of oxime groups is 1. The van der Waals surface area contributed by atoms with Crippen LogP contribution in [0.1, 0.15) is 126 Å². The number of benzene rings is 1. The van der Waals surface area contributed by atoms with Gasteiger partial charge in [-0.1, -0.05) is 24.6 Å². The fraction of sp³-hybridized carbons (Fsp3) is 0.783. The molecule has 6 unspecified atom stereocenters. The summed E-state index contributed by atoms with van der Waals surface area (Å²) in [6.45, 7) is 4.74. The number of aromatic hydroxyl groups is 1. The molecule has 9 aliphatic rings. The maximum Gasteiger partial charge on any atom is 0.315 e. The van der Waals surface area contributed by atoms with E-state index in [0.29, 0.717) is 74.7 Å². The maximum absolute atomic E-state index is 12.5. The summed E-state index contributed by atoms with van der Waals surface area (Å²) in [5.74, 6) is 5.66. The fourth-order valence-electron chi connectivity index (χ4n) is 13.8. The number of carbonyl (C=O) groups is 3. The summed E-state index contributed by atoms with van der Waals surface area (Å²) in [6, 6.07) is 5.08. The lowest BCUT2D eigenvalue weighted by atomic mass is 9.47. The van der Waals surface area contributed by atoms with E-state index in [2.05, 4.69) is 45.5 Å². The zero-order valence-electron chi connectivity index (χ0n) is 35.1. The molecule has 5 N–H and O–H groups in total. The third-order valence-corrected chi connectivity index (χ3v) is 17.7. The van der Waals surface area contributed by atoms with Gasteiger partial charge in [0.1, 0.15) is 5.75 Å². The molecular weight excluding hydrogens is 767 g/mol. The van der Waals surface area contributed by atoms with Gasteiger partial charge in [-0.15, -0.1) is 0 Å². The molecule has 324 valence electrons. The minimum atomic E-state index is -0.207. The minimum Gasteiger partial charge on any atom is -0.508 e. The number of amides is 4. The van der Waals surface area contributed by atoms with Gasteiger partial charge in [0, 0.05) is 41.5 Å². The van der Waals surface area contributed by atoms with Crippen LogP contribution in [0.25, 0.3) is 0 Å². The van der Waals surface area contributed by atoms with Crippen molar-refractivity contribution in [2.24, 2.45) is 40.2 Å². The molecule has 8 fully saturated rings. The van der Waals surface area contributed by atoms with Crippen molar-refractivity contribution in [2.45, 2.75) is 138 Å². The van der Waals surface area contributed by atoms with Crippen LogP contribution in [-0.2, 0) is 35.7 Å². The van der Waals surface area contributed by atoms with Crippen LogP contribution in [-0.4, -0.2) is 97.9 Å². The molecule has 2 heterocycles. The molecule has 59 heavy (non-hydrogen) atoms. The first-order chi connectivity index (χ1) is 28.7. The highest BCUT2D eigenvalue weighted by Gasteiger charge is 2.56. The molecule has 1 aromatic carbocycles. The highest BCUT2D eigenvalue weighted by molar-refractivity contribution is 8.00. The normalized spacial score (nSPS) is 36.7. The Balaban J connectivity index is 0.634. The SMILES string of the molecule is C[C@]12CCC3c4cc(C56CC7CC(CC(C7)C5)C6)c(O)cc4CCC3C1CC/C2=N\OCC(=O)NCCOCCOCCNC(=O)CCCCC1SCC2NC(=O)NC21. The van der Waals surface area contributed by atoms with E-state index in [1.54, 1.807) is 5.56 Å². The molecule has 13 heteroatoms. The highest BCUT2D eigenvalue weighted by Crippen LogP contribution is 2.64. The first kappa shape index (κ1) is 41.3. The molecule has 2 saturated heterocycles. The van der Waals surface area contributed by atoms with Crippen LogP contribution in [0.4, 0.5) is 4.79 Å². The van der Waals surface area contributed by atoms with Crippen LogP contribution in [0.3, 0.4) is 0 Å². The molecule has 0 aromatic heterocycles. The van der Waals surface area contributed by atoms with Crippen molar-refractivity contribution in [3.8, 4) is 5.75 Å². The Labute approximate surface area is 354 Å². The monoisotopic (exact) mass is 833 g/mol. The molecule has 0 radical (unpaired) electrons. The van der Waals surface area contributed by atoms with Crippen molar-refractivity contribution < 1.29 is 33.8 Å². The standard InChI is InChI=1S/C46H67N5O7S/c1-45-11-10-32-33(7-6-31-21-38(52)36(22-34(31)32)46-23-28-18-29(24-46)20-30(19-28)25-46)35(45)8-9-40(45)51-58-26-42(54)48-13-15-57-17-16-56-14-12-47-41(53)5-3-2-4-39-43-37(27-59-39)49-44(55)50-43/h21-22,28-30,32-33,35,37,39,43,52H,2-20,23-27H2,1H3,(H,47,53)(H,48,54)(H2,49,50,55)/b51-40+/t28?,29?,30?,32?,33?,35?,37?,39?,43?,45-,46?/m0/s1. The summed E-state index contributed by atoms with van der Waals surface area (Å²) in [6.07, 6.45) is 17.9. The Morgan fingerprint density at radius 1 is 0.915 bits per heavy atom. The maximum atomic E-state index is 12.5. The zero-order valence-corrected chi connectivity index (χ0v) is 35.9. The molecule has 7 aliphatic carbocycles. The fourth-order valence-corrected chi connectivity index (χ4v) is 15.4. The van der Waals surface area contributed by atoms with Crippen molar-refractivity contribution in [3.63, 3.8) is 0 Å². The quantitative estimate of drug-likeness (QED) is 0.0677. The van der Waals surface area contributed by atoms with E-state index in [4.69, 9.17) is 14.3 Å². The number of unbranched alkanes of at least 4 members (excludes halogenated alkanes) is 1. The van der Waals surface area contributed by atoms with Crippen LogP contribution in [0.2, 0.25) is 0 Å². The Kier molecular flexibility index (Phi) is 12.4. The van der Waals surface area contributed by atoms with E-state index in [0.717, 1.165) is 80.6 Å². The molecule has 4 bridgehead atoms. The number of urea groups is 1. The highest BCUT2D eigenvalue weighted by atomic mass is 32.2. The number of hydrogen-bond acceptors (Lipinski definition) is 9. The van der Waals surface area contributed by atoms with Gasteiger partial charge in [0.2, 0.25) is 5.91 Å². The number of ether oxygens (including phenoxy) is 2. The predicted molar refractivity (Wildman–Crippen MR) is 228 cm³/mol. The van der Waals surface area contributed by atoms with Gasteiger partial charge < -0.3 is 40.7 Å². The number of fused-ring (bicyclic) bond motifs is 6. The van der Waals surface area contributed by atoms with Crippen LogP contribution in [0.5, 0.6) is 5.75 Å². The summed E-state index contributed by atoms with van der Waals surface area (Å²) in [7, 11) is 0. The van der Waals surface area contributed by atoms with E-state index in [9.17, 15) is 19.5 Å². The van der Waals surface area contributed by atoms with Gasteiger partial charge >= 0.3 is 6.03 Å². The van der Waals surface area contributed by atoms with Crippen molar-refractivity contribution in [1.29, 1.82) is 0 Å². The van der Waals surface area contributed by atoms with E-state index < -0.39 is 0 Å². The van der Waals surface area contributed by atoms with Gasteiger partial charge in [-0.2, -0.15) is 11.8 Å². The van der Waals surface area contributed by atoms with Gasteiger partial charge in [-0.05, 0) is 148 Å². The molecule has 7 atom stereocenters. The van der Waals surface area contributed by atoms with Crippen molar-refractivity contribution >= 4 is 35.3 Å². The van der Waals surface area contributed by atoms with E-state index in [1.165, 1.54) is 56.1 Å². The molecule has 4 amide bonds. The number of aryl methyl sites for hydroxylation is 1. The average Bonchev–Trinajstić information content (AvgIpc) is 3.87. The lowest BCUT2D eigenvalue weighted by molar-refractivity contribution is -0.126. The lowest BCUT2D eigenvalue weighted by Crippen LogP contribution is -2.48. The molecular formula is C46H67N5O7S. The number of nitrogens with zero attached hydrogens (tertiary/aromatic N) is 1. The van der Waals surface area contributed by atoms with Gasteiger partial charge in [0.15, 0.2) is 6.61 Å². The number of phenolic OH excluding ortho intramolecular Hbond substituents is 1. The van der Waals surface area contributed by atoms with Crippen LogP contribution in [0.15, 0.2) is 17.3 Å². The minimum absolute atomic E-state index is 0.00500. The smallest absolute Gasteiger partial charge is 0.315 e. The van der Waals surface area contributed by atoms with Crippen LogP contribution < -0.4 is 21.3 Å².